The number of carbonyl (C=O) groups excluding carboxylic acids is 1. The molecule has 2 aromatic rings. The maximum absolute atomic E-state index is 12.3. The minimum absolute atomic E-state index is 0.213. The number of rotatable bonds is 6. The standard InChI is InChI=1S/C19H26N4O3/c1-14(23-10-8-22(2)9-11-23)13-20-19(24)17-12-18(26-21-17)15-4-6-16(25-3)7-5-15/h4-7,12,14H,8-11,13H2,1-3H3,(H,20,24). The first-order valence-corrected chi connectivity index (χ1v) is 8.88. The fraction of sp³-hybridized carbons (Fsp3) is 0.474. The smallest absolute Gasteiger partial charge is 0.273 e. The van der Waals surface area contributed by atoms with Gasteiger partial charge in [-0.3, -0.25) is 9.69 Å². The summed E-state index contributed by atoms with van der Waals surface area (Å²) in [6.07, 6.45) is 0. The minimum Gasteiger partial charge on any atom is -0.497 e. The van der Waals surface area contributed by atoms with E-state index in [4.69, 9.17) is 9.26 Å². The summed E-state index contributed by atoms with van der Waals surface area (Å²) in [6, 6.07) is 9.38. The van der Waals surface area contributed by atoms with Gasteiger partial charge in [0.25, 0.3) is 5.91 Å². The van der Waals surface area contributed by atoms with Crippen LogP contribution >= 0.6 is 0 Å². The summed E-state index contributed by atoms with van der Waals surface area (Å²) in [5.41, 5.74) is 1.14. The van der Waals surface area contributed by atoms with E-state index in [9.17, 15) is 4.79 Å². The van der Waals surface area contributed by atoms with Crippen molar-refractivity contribution < 1.29 is 14.1 Å². The lowest BCUT2D eigenvalue weighted by atomic mass is 10.1. The summed E-state index contributed by atoms with van der Waals surface area (Å²) in [7, 11) is 3.75. The molecule has 1 unspecified atom stereocenters. The zero-order chi connectivity index (χ0) is 18.5. The Hall–Kier alpha value is -2.38. The molecule has 0 radical (unpaired) electrons. The number of amides is 1. The Labute approximate surface area is 153 Å². The van der Waals surface area contributed by atoms with Crippen molar-refractivity contribution in [2.75, 3.05) is 46.9 Å². The lowest BCUT2D eigenvalue weighted by molar-refractivity contribution is 0.0895. The van der Waals surface area contributed by atoms with Gasteiger partial charge >= 0.3 is 0 Å². The highest BCUT2D eigenvalue weighted by atomic mass is 16.5. The number of aromatic nitrogens is 1. The van der Waals surface area contributed by atoms with Crippen molar-refractivity contribution in [2.24, 2.45) is 0 Å². The molecule has 1 aromatic carbocycles. The van der Waals surface area contributed by atoms with E-state index in [0.29, 0.717) is 24.0 Å². The molecular formula is C19H26N4O3. The Balaban J connectivity index is 1.54. The molecule has 1 aliphatic rings. The molecule has 0 bridgehead atoms. The molecule has 1 N–H and O–H groups in total. The van der Waals surface area contributed by atoms with E-state index in [0.717, 1.165) is 37.5 Å². The number of nitrogens with one attached hydrogen (secondary N) is 1. The molecule has 1 aromatic heterocycles. The topological polar surface area (TPSA) is 70.8 Å². The lowest BCUT2D eigenvalue weighted by Crippen LogP contribution is -2.51. The third-order valence-electron chi connectivity index (χ3n) is 4.84. The van der Waals surface area contributed by atoms with Gasteiger partial charge in [0.05, 0.1) is 7.11 Å². The SMILES string of the molecule is COc1ccc(-c2cc(C(=O)NCC(C)N3CCN(C)CC3)no2)cc1. The van der Waals surface area contributed by atoms with Gasteiger partial charge in [0.2, 0.25) is 0 Å². The second-order valence-corrected chi connectivity index (χ2v) is 6.70. The molecule has 2 heterocycles. The summed E-state index contributed by atoms with van der Waals surface area (Å²) in [6.45, 7) is 6.91. The van der Waals surface area contributed by atoms with Crippen molar-refractivity contribution in [3.63, 3.8) is 0 Å². The second kappa shape index (κ2) is 8.33. The highest BCUT2D eigenvalue weighted by molar-refractivity contribution is 5.93. The van der Waals surface area contributed by atoms with Gasteiger partial charge in [0.15, 0.2) is 11.5 Å². The highest BCUT2D eigenvalue weighted by Gasteiger charge is 2.20. The maximum Gasteiger partial charge on any atom is 0.273 e. The third kappa shape index (κ3) is 4.42. The van der Waals surface area contributed by atoms with Gasteiger partial charge in [0, 0.05) is 50.4 Å². The van der Waals surface area contributed by atoms with Gasteiger partial charge in [-0.2, -0.15) is 0 Å². The number of methoxy groups -OCH3 is 1. The Bertz CT molecular complexity index is 721. The normalized spacial score (nSPS) is 17.0. The zero-order valence-electron chi connectivity index (χ0n) is 15.6. The van der Waals surface area contributed by atoms with Crippen LogP contribution in [-0.2, 0) is 0 Å². The molecule has 1 aliphatic heterocycles. The van der Waals surface area contributed by atoms with E-state index >= 15 is 0 Å². The number of hydrogen-bond donors (Lipinski definition) is 1. The van der Waals surface area contributed by atoms with Gasteiger partial charge < -0.3 is 19.5 Å². The summed E-state index contributed by atoms with van der Waals surface area (Å²) < 4.78 is 10.5. The van der Waals surface area contributed by atoms with Crippen molar-refractivity contribution in [1.29, 1.82) is 0 Å². The molecule has 3 rings (SSSR count). The first kappa shape index (κ1) is 18.4. The molecule has 7 heteroatoms. The van der Waals surface area contributed by atoms with Gasteiger partial charge in [-0.25, -0.2) is 0 Å². The molecule has 140 valence electrons. The second-order valence-electron chi connectivity index (χ2n) is 6.70. The van der Waals surface area contributed by atoms with E-state index in [1.54, 1.807) is 13.2 Å². The number of ether oxygens (including phenoxy) is 1. The molecule has 7 nitrogen and oxygen atoms in total. The van der Waals surface area contributed by atoms with Crippen LogP contribution in [0.3, 0.4) is 0 Å². The molecule has 0 aliphatic carbocycles. The molecule has 1 amide bonds. The molecule has 0 spiro atoms. The zero-order valence-corrected chi connectivity index (χ0v) is 15.6. The van der Waals surface area contributed by atoms with E-state index in [1.807, 2.05) is 24.3 Å². The van der Waals surface area contributed by atoms with Crippen LogP contribution in [0.5, 0.6) is 5.75 Å². The number of carbonyl (C=O) groups is 1. The highest BCUT2D eigenvalue weighted by Crippen LogP contribution is 2.23. The summed E-state index contributed by atoms with van der Waals surface area (Å²) in [5.74, 6) is 1.11. The molecule has 1 fully saturated rings. The number of likely N-dealkylation sites (N-methyl/N-ethyl adjacent to an activating group) is 1. The molecule has 0 saturated carbocycles. The Morgan fingerprint density at radius 2 is 1.96 bits per heavy atom. The fourth-order valence-electron chi connectivity index (χ4n) is 3.00. The summed E-state index contributed by atoms with van der Waals surface area (Å²) in [5, 5.41) is 6.85. The van der Waals surface area contributed by atoms with Crippen LogP contribution in [0, 0.1) is 0 Å². The first-order valence-electron chi connectivity index (χ1n) is 8.88. The minimum atomic E-state index is -0.213. The van der Waals surface area contributed by atoms with Crippen LogP contribution in [0.2, 0.25) is 0 Å². The summed E-state index contributed by atoms with van der Waals surface area (Å²) in [4.78, 5) is 17.1. The van der Waals surface area contributed by atoms with Gasteiger partial charge in [-0.15, -0.1) is 0 Å². The van der Waals surface area contributed by atoms with Crippen molar-refractivity contribution in [3.05, 3.63) is 36.0 Å². The maximum atomic E-state index is 12.3. The Kier molecular flexibility index (Phi) is 5.90. The van der Waals surface area contributed by atoms with E-state index in [2.05, 4.69) is 34.2 Å². The summed E-state index contributed by atoms with van der Waals surface area (Å²) >= 11 is 0. The molecule has 1 atom stereocenters. The number of nitrogens with zero attached hydrogens (tertiary/aromatic N) is 3. The fourth-order valence-corrected chi connectivity index (χ4v) is 3.00. The van der Waals surface area contributed by atoms with Crippen LogP contribution in [-0.4, -0.2) is 73.8 Å². The molecular weight excluding hydrogens is 332 g/mol. The Morgan fingerprint density at radius 3 is 2.62 bits per heavy atom. The van der Waals surface area contributed by atoms with Crippen LogP contribution in [0.1, 0.15) is 17.4 Å². The van der Waals surface area contributed by atoms with E-state index < -0.39 is 0 Å². The van der Waals surface area contributed by atoms with Crippen LogP contribution < -0.4 is 10.1 Å². The average Bonchev–Trinajstić information content (AvgIpc) is 3.17. The third-order valence-corrected chi connectivity index (χ3v) is 4.84. The van der Waals surface area contributed by atoms with Crippen LogP contribution in [0.25, 0.3) is 11.3 Å². The van der Waals surface area contributed by atoms with Crippen molar-refractivity contribution in [3.8, 4) is 17.1 Å². The Morgan fingerprint density at radius 1 is 1.27 bits per heavy atom. The largest absolute Gasteiger partial charge is 0.497 e. The van der Waals surface area contributed by atoms with Gasteiger partial charge in [-0.1, -0.05) is 5.16 Å². The predicted molar refractivity (Wildman–Crippen MR) is 99.4 cm³/mol. The van der Waals surface area contributed by atoms with E-state index in [1.165, 1.54) is 0 Å². The van der Waals surface area contributed by atoms with Gasteiger partial charge in [-0.05, 0) is 38.2 Å². The quantitative estimate of drug-likeness (QED) is 0.848. The van der Waals surface area contributed by atoms with Crippen molar-refractivity contribution in [1.82, 2.24) is 20.3 Å². The number of hydrogen-bond acceptors (Lipinski definition) is 6. The van der Waals surface area contributed by atoms with Crippen molar-refractivity contribution in [2.45, 2.75) is 13.0 Å². The van der Waals surface area contributed by atoms with E-state index in [-0.39, 0.29) is 5.91 Å². The molecule has 1 saturated heterocycles. The predicted octanol–water partition coefficient (Wildman–Crippen LogP) is 1.72. The van der Waals surface area contributed by atoms with Gasteiger partial charge in [0.1, 0.15) is 5.75 Å². The first-order chi connectivity index (χ1) is 12.6. The average molecular weight is 358 g/mol. The number of benzene rings is 1. The van der Waals surface area contributed by atoms with Crippen LogP contribution in [0.15, 0.2) is 34.9 Å². The van der Waals surface area contributed by atoms with Crippen molar-refractivity contribution >= 4 is 5.91 Å². The molecule has 26 heavy (non-hydrogen) atoms. The lowest BCUT2D eigenvalue weighted by Gasteiger charge is -2.36. The monoisotopic (exact) mass is 358 g/mol. The number of piperazine rings is 1. The van der Waals surface area contributed by atoms with Crippen LogP contribution in [0.4, 0.5) is 0 Å².